The molecule has 1 heterocycles. The predicted octanol–water partition coefficient (Wildman–Crippen LogP) is 4.81. The van der Waals surface area contributed by atoms with Gasteiger partial charge < -0.3 is 5.32 Å². The first-order chi connectivity index (χ1) is 15.8. The van der Waals surface area contributed by atoms with Crippen LogP contribution in [0.1, 0.15) is 21.7 Å². The van der Waals surface area contributed by atoms with Gasteiger partial charge in [0.25, 0.3) is 15.9 Å². The average molecular weight is 459 g/mol. The molecular weight excluding hydrogens is 436 g/mol. The maximum Gasteiger partial charge on any atom is 0.264 e. The lowest BCUT2D eigenvalue weighted by atomic mass is 10.0. The Labute approximate surface area is 192 Å². The summed E-state index contributed by atoms with van der Waals surface area (Å²) in [5, 5.41) is 2.78. The standard InChI is InChI=1S/C25H22N4O3S/c1-17-16-18(2)27-25(26-17)29-33(31,32)23-14-12-22(13-15-23)28-24(30)21-10-8-20(9-11-21)19-6-4-3-5-7-19/h3-16H,1-2H3,(H,28,30)(H,26,27,29). The lowest BCUT2D eigenvalue weighted by Crippen LogP contribution is -2.16. The molecule has 0 radical (unpaired) electrons. The molecule has 1 amide bonds. The van der Waals surface area contributed by atoms with Crippen molar-refractivity contribution in [2.75, 3.05) is 10.0 Å². The lowest BCUT2D eigenvalue weighted by molar-refractivity contribution is 0.102. The SMILES string of the molecule is Cc1cc(C)nc(NS(=O)(=O)c2ccc(NC(=O)c3ccc(-c4ccccc4)cc3)cc2)n1. The first-order valence-electron chi connectivity index (χ1n) is 10.2. The largest absolute Gasteiger partial charge is 0.322 e. The fourth-order valence-corrected chi connectivity index (χ4v) is 4.26. The Hall–Kier alpha value is -4.04. The fourth-order valence-electron chi connectivity index (χ4n) is 3.32. The molecule has 4 aromatic rings. The molecule has 8 heteroatoms. The molecule has 33 heavy (non-hydrogen) atoms. The van der Waals surface area contributed by atoms with Crippen molar-refractivity contribution in [2.45, 2.75) is 18.7 Å². The van der Waals surface area contributed by atoms with E-state index >= 15 is 0 Å². The number of hydrogen-bond donors (Lipinski definition) is 2. The van der Waals surface area contributed by atoms with Crippen LogP contribution in [0.4, 0.5) is 11.6 Å². The molecule has 1 aromatic heterocycles. The van der Waals surface area contributed by atoms with Crippen molar-refractivity contribution in [3.05, 3.63) is 102 Å². The Morgan fingerprint density at radius 2 is 1.33 bits per heavy atom. The first-order valence-corrected chi connectivity index (χ1v) is 11.7. The molecule has 0 spiro atoms. The minimum Gasteiger partial charge on any atom is -0.322 e. The quantitative estimate of drug-likeness (QED) is 0.432. The summed E-state index contributed by atoms with van der Waals surface area (Å²) >= 11 is 0. The Balaban J connectivity index is 1.44. The number of aryl methyl sites for hydroxylation is 2. The number of carbonyl (C=O) groups excluding carboxylic acids is 1. The van der Waals surface area contributed by atoms with Crippen LogP contribution in [0.15, 0.2) is 89.8 Å². The minimum absolute atomic E-state index is 0.0174. The summed E-state index contributed by atoms with van der Waals surface area (Å²) in [6.45, 7) is 3.53. The number of carbonyl (C=O) groups is 1. The van der Waals surface area contributed by atoms with Gasteiger partial charge in [-0.15, -0.1) is 0 Å². The second-order valence-corrected chi connectivity index (χ2v) is 9.18. The third kappa shape index (κ3) is 5.42. The molecule has 0 aliphatic heterocycles. The van der Waals surface area contributed by atoms with Crippen LogP contribution in [0.2, 0.25) is 0 Å². The minimum atomic E-state index is -3.86. The first kappa shape index (κ1) is 22.2. The van der Waals surface area contributed by atoms with E-state index in [1.807, 2.05) is 42.5 Å². The highest BCUT2D eigenvalue weighted by molar-refractivity contribution is 7.92. The van der Waals surface area contributed by atoms with Crippen molar-refractivity contribution in [3.8, 4) is 11.1 Å². The van der Waals surface area contributed by atoms with Crippen LogP contribution >= 0.6 is 0 Å². The molecule has 4 rings (SSSR count). The molecule has 0 saturated heterocycles. The molecular formula is C25H22N4O3S. The summed E-state index contributed by atoms with van der Waals surface area (Å²) < 4.78 is 27.7. The molecule has 2 N–H and O–H groups in total. The highest BCUT2D eigenvalue weighted by Gasteiger charge is 2.16. The Morgan fingerprint density at radius 3 is 1.94 bits per heavy atom. The number of amides is 1. The maximum atomic E-state index is 12.6. The van der Waals surface area contributed by atoms with E-state index < -0.39 is 10.0 Å². The van der Waals surface area contributed by atoms with Gasteiger partial charge in [-0.2, -0.15) is 0 Å². The number of nitrogens with zero attached hydrogens (tertiary/aromatic N) is 2. The van der Waals surface area contributed by atoms with Gasteiger partial charge in [0.05, 0.1) is 4.90 Å². The van der Waals surface area contributed by atoms with E-state index in [9.17, 15) is 13.2 Å². The normalized spacial score (nSPS) is 11.1. The molecule has 0 aliphatic carbocycles. The van der Waals surface area contributed by atoms with Crippen LogP contribution in [-0.4, -0.2) is 24.3 Å². The molecule has 0 atom stereocenters. The molecule has 7 nitrogen and oxygen atoms in total. The van der Waals surface area contributed by atoms with E-state index in [1.165, 1.54) is 24.3 Å². The van der Waals surface area contributed by atoms with Crippen LogP contribution in [0.25, 0.3) is 11.1 Å². The third-order valence-corrected chi connectivity index (χ3v) is 6.23. The molecule has 0 aliphatic rings. The summed E-state index contributed by atoms with van der Waals surface area (Å²) in [7, 11) is -3.86. The van der Waals surface area contributed by atoms with E-state index in [2.05, 4.69) is 20.0 Å². The summed E-state index contributed by atoms with van der Waals surface area (Å²) in [4.78, 5) is 20.8. The van der Waals surface area contributed by atoms with Gasteiger partial charge in [-0.05, 0) is 67.4 Å². The van der Waals surface area contributed by atoms with Gasteiger partial charge in [-0.1, -0.05) is 42.5 Å². The molecule has 166 valence electrons. The van der Waals surface area contributed by atoms with Gasteiger partial charge in [0.1, 0.15) is 0 Å². The molecule has 3 aromatic carbocycles. The zero-order valence-electron chi connectivity index (χ0n) is 18.1. The number of anilines is 2. The zero-order valence-corrected chi connectivity index (χ0v) is 18.9. The van der Waals surface area contributed by atoms with Crippen molar-refractivity contribution in [1.82, 2.24) is 9.97 Å². The van der Waals surface area contributed by atoms with Crippen LogP contribution in [0, 0.1) is 13.8 Å². The van der Waals surface area contributed by atoms with Gasteiger partial charge in [0.15, 0.2) is 0 Å². The summed E-state index contributed by atoms with van der Waals surface area (Å²) in [5.41, 5.74) is 4.39. The van der Waals surface area contributed by atoms with Gasteiger partial charge in [0, 0.05) is 22.6 Å². The number of hydrogen-bond acceptors (Lipinski definition) is 5. The van der Waals surface area contributed by atoms with Crippen molar-refractivity contribution in [1.29, 1.82) is 0 Å². The van der Waals surface area contributed by atoms with Gasteiger partial charge in [0.2, 0.25) is 5.95 Å². The van der Waals surface area contributed by atoms with Gasteiger partial charge in [-0.25, -0.2) is 23.1 Å². The summed E-state index contributed by atoms with van der Waals surface area (Å²) in [5.74, 6) is -0.268. The number of benzene rings is 3. The molecule has 0 saturated carbocycles. The van der Waals surface area contributed by atoms with Crippen molar-refractivity contribution >= 4 is 27.6 Å². The Morgan fingerprint density at radius 1 is 0.758 bits per heavy atom. The predicted molar refractivity (Wildman–Crippen MR) is 129 cm³/mol. The fraction of sp³-hybridized carbons (Fsp3) is 0.0800. The number of sulfonamides is 1. The maximum absolute atomic E-state index is 12.6. The van der Waals surface area contributed by atoms with Crippen LogP contribution in [-0.2, 0) is 10.0 Å². The number of nitrogens with one attached hydrogen (secondary N) is 2. The van der Waals surface area contributed by atoms with Gasteiger partial charge in [-0.3, -0.25) is 4.79 Å². The lowest BCUT2D eigenvalue weighted by Gasteiger charge is -2.10. The number of aromatic nitrogens is 2. The molecule has 0 bridgehead atoms. The van der Waals surface area contributed by atoms with Crippen molar-refractivity contribution in [2.24, 2.45) is 0 Å². The second kappa shape index (κ2) is 9.22. The highest BCUT2D eigenvalue weighted by Crippen LogP contribution is 2.21. The smallest absolute Gasteiger partial charge is 0.264 e. The van der Waals surface area contributed by atoms with Crippen LogP contribution < -0.4 is 10.0 Å². The summed E-state index contributed by atoms with van der Waals surface area (Å²) in [6.07, 6.45) is 0. The third-order valence-electron chi connectivity index (χ3n) is 4.88. The van der Waals surface area contributed by atoms with E-state index in [4.69, 9.17) is 0 Å². The highest BCUT2D eigenvalue weighted by atomic mass is 32.2. The Kier molecular flexibility index (Phi) is 6.19. The topological polar surface area (TPSA) is 101 Å². The van der Waals surface area contributed by atoms with Crippen LogP contribution in [0.5, 0.6) is 0 Å². The van der Waals surface area contributed by atoms with Crippen molar-refractivity contribution in [3.63, 3.8) is 0 Å². The Bertz CT molecular complexity index is 1370. The molecule has 0 fully saturated rings. The van der Waals surface area contributed by atoms with E-state index in [0.717, 1.165) is 11.1 Å². The van der Waals surface area contributed by atoms with Crippen molar-refractivity contribution < 1.29 is 13.2 Å². The zero-order chi connectivity index (χ0) is 23.4. The number of rotatable bonds is 6. The van der Waals surface area contributed by atoms with E-state index in [0.29, 0.717) is 22.6 Å². The van der Waals surface area contributed by atoms with E-state index in [-0.39, 0.29) is 16.8 Å². The van der Waals surface area contributed by atoms with Crippen LogP contribution in [0.3, 0.4) is 0 Å². The molecule has 0 unspecified atom stereocenters. The van der Waals surface area contributed by atoms with E-state index in [1.54, 1.807) is 32.0 Å². The average Bonchev–Trinajstić information content (AvgIpc) is 2.79. The monoisotopic (exact) mass is 458 g/mol. The van der Waals surface area contributed by atoms with Gasteiger partial charge >= 0.3 is 0 Å². The summed E-state index contributed by atoms with van der Waals surface area (Å²) in [6, 6.07) is 24.8. The second-order valence-electron chi connectivity index (χ2n) is 7.50.